The summed E-state index contributed by atoms with van der Waals surface area (Å²) in [6, 6.07) is 16.2. The highest BCUT2D eigenvalue weighted by Crippen LogP contribution is 2.22. The lowest BCUT2D eigenvalue weighted by Gasteiger charge is -2.03. The highest BCUT2D eigenvalue weighted by atomic mass is 16.5. The van der Waals surface area contributed by atoms with E-state index in [1.807, 2.05) is 47.3 Å². The smallest absolute Gasteiger partial charge is 0.165 e. The van der Waals surface area contributed by atoms with Gasteiger partial charge in [-0.2, -0.15) is 5.10 Å². The van der Waals surface area contributed by atoms with Crippen molar-refractivity contribution in [2.24, 2.45) is 0 Å². The molecule has 3 nitrogen and oxygen atoms in total. The minimum atomic E-state index is 0.731. The van der Waals surface area contributed by atoms with Crippen LogP contribution in [0, 0.1) is 13.8 Å². The second kappa shape index (κ2) is 5.21. The van der Waals surface area contributed by atoms with Crippen molar-refractivity contribution >= 4 is 0 Å². The molecule has 0 aliphatic carbocycles. The summed E-state index contributed by atoms with van der Waals surface area (Å²) in [6.45, 7) is 4.12. The molecule has 0 unspecified atom stereocenters. The van der Waals surface area contributed by atoms with Crippen LogP contribution in [0.1, 0.15) is 11.1 Å². The van der Waals surface area contributed by atoms with E-state index >= 15 is 0 Å². The summed E-state index contributed by atoms with van der Waals surface area (Å²) < 4.78 is 7.58. The van der Waals surface area contributed by atoms with Gasteiger partial charge in [-0.25, -0.2) is 4.68 Å². The number of benzene rings is 2. The Morgan fingerprint density at radius 1 is 0.800 bits per heavy atom. The molecular formula is C17H16N2O. The summed E-state index contributed by atoms with van der Waals surface area (Å²) >= 11 is 0. The van der Waals surface area contributed by atoms with Crippen LogP contribution < -0.4 is 4.74 Å². The number of aromatic nitrogens is 2. The molecule has 0 saturated carbocycles. The number of nitrogens with zero attached hydrogens (tertiary/aromatic N) is 2. The number of aryl methyl sites for hydroxylation is 2. The fraction of sp³-hybridized carbons (Fsp3) is 0.118. The van der Waals surface area contributed by atoms with E-state index in [0.29, 0.717) is 0 Å². The standard InChI is InChI=1S/C17H16N2O/c1-13-3-7-15(8-4-13)19-12-17(11-18-19)20-16-9-5-14(2)6-10-16/h3-12H,1-2H3. The van der Waals surface area contributed by atoms with E-state index in [1.165, 1.54) is 11.1 Å². The SMILES string of the molecule is Cc1ccc(Oc2cnn(-c3ccc(C)cc3)c2)cc1. The molecule has 20 heavy (non-hydrogen) atoms. The summed E-state index contributed by atoms with van der Waals surface area (Å²) in [6.07, 6.45) is 3.60. The molecule has 2 aromatic carbocycles. The summed E-state index contributed by atoms with van der Waals surface area (Å²) in [4.78, 5) is 0. The van der Waals surface area contributed by atoms with E-state index in [2.05, 4.69) is 31.1 Å². The largest absolute Gasteiger partial charge is 0.454 e. The molecule has 0 aliphatic rings. The van der Waals surface area contributed by atoms with Crippen LogP contribution in [0.4, 0.5) is 0 Å². The van der Waals surface area contributed by atoms with Crippen molar-refractivity contribution in [3.05, 3.63) is 72.1 Å². The lowest BCUT2D eigenvalue weighted by molar-refractivity contribution is 0.482. The van der Waals surface area contributed by atoms with E-state index in [-0.39, 0.29) is 0 Å². The molecule has 3 rings (SSSR count). The van der Waals surface area contributed by atoms with Gasteiger partial charge in [0, 0.05) is 0 Å². The maximum Gasteiger partial charge on any atom is 0.165 e. The first kappa shape index (κ1) is 12.5. The minimum absolute atomic E-state index is 0.731. The molecule has 1 aromatic heterocycles. The van der Waals surface area contributed by atoms with E-state index in [0.717, 1.165) is 17.2 Å². The predicted molar refractivity (Wildman–Crippen MR) is 79.6 cm³/mol. The Kier molecular flexibility index (Phi) is 3.25. The zero-order valence-electron chi connectivity index (χ0n) is 11.6. The number of hydrogen-bond donors (Lipinski definition) is 0. The Balaban J connectivity index is 1.80. The van der Waals surface area contributed by atoms with Gasteiger partial charge in [-0.3, -0.25) is 0 Å². The van der Waals surface area contributed by atoms with Crippen LogP contribution in [0.3, 0.4) is 0 Å². The first-order valence-electron chi connectivity index (χ1n) is 6.57. The van der Waals surface area contributed by atoms with Gasteiger partial charge < -0.3 is 4.74 Å². The van der Waals surface area contributed by atoms with Gasteiger partial charge in [0.05, 0.1) is 18.1 Å². The van der Waals surface area contributed by atoms with Crippen molar-refractivity contribution in [1.29, 1.82) is 0 Å². The first-order chi connectivity index (χ1) is 9.70. The molecule has 3 heteroatoms. The predicted octanol–water partition coefficient (Wildman–Crippen LogP) is 4.28. The van der Waals surface area contributed by atoms with Crippen LogP contribution in [0.25, 0.3) is 5.69 Å². The topological polar surface area (TPSA) is 27.1 Å². The monoisotopic (exact) mass is 264 g/mol. The second-order valence-corrected chi connectivity index (χ2v) is 4.87. The molecule has 100 valence electrons. The number of hydrogen-bond acceptors (Lipinski definition) is 2. The molecule has 0 spiro atoms. The Morgan fingerprint density at radius 2 is 1.40 bits per heavy atom. The third-order valence-electron chi connectivity index (χ3n) is 3.11. The zero-order chi connectivity index (χ0) is 13.9. The molecular weight excluding hydrogens is 248 g/mol. The van der Waals surface area contributed by atoms with Gasteiger partial charge >= 0.3 is 0 Å². The number of ether oxygens (including phenoxy) is 1. The molecule has 0 radical (unpaired) electrons. The molecule has 0 amide bonds. The van der Waals surface area contributed by atoms with Gasteiger partial charge in [-0.15, -0.1) is 0 Å². The first-order valence-corrected chi connectivity index (χ1v) is 6.57. The fourth-order valence-corrected chi connectivity index (χ4v) is 1.94. The third-order valence-corrected chi connectivity index (χ3v) is 3.11. The third kappa shape index (κ3) is 2.72. The minimum Gasteiger partial charge on any atom is -0.454 e. The Hall–Kier alpha value is -2.55. The van der Waals surface area contributed by atoms with Gasteiger partial charge in [-0.1, -0.05) is 35.4 Å². The van der Waals surface area contributed by atoms with Crippen LogP contribution in [-0.4, -0.2) is 9.78 Å². The van der Waals surface area contributed by atoms with Crippen LogP contribution in [0.2, 0.25) is 0 Å². The van der Waals surface area contributed by atoms with Gasteiger partial charge in [0.2, 0.25) is 0 Å². The van der Waals surface area contributed by atoms with Crippen LogP contribution >= 0.6 is 0 Å². The molecule has 0 bridgehead atoms. The van der Waals surface area contributed by atoms with Crippen LogP contribution in [-0.2, 0) is 0 Å². The van der Waals surface area contributed by atoms with E-state index in [9.17, 15) is 0 Å². The fourth-order valence-electron chi connectivity index (χ4n) is 1.94. The molecule has 0 atom stereocenters. The summed E-state index contributed by atoms with van der Waals surface area (Å²) in [5, 5.41) is 4.32. The van der Waals surface area contributed by atoms with Gasteiger partial charge in [-0.05, 0) is 38.1 Å². The average molecular weight is 264 g/mol. The highest BCUT2D eigenvalue weighted by molar-refractivity contribution is 5.36. The van der Waals surface area contributed by atoms with Gasteiger partial charge in [0.15, 0.2) is 5.75 Å². The van der Waals surface area contributed by atoms with Crippen molar-refractivity contribution in [3.8, 4) is 17.2 Å². The Labute approximate surface area is 118 Å². The Morgan fingerprint density at radius 3 is 2.05 bits per heavy atom. The van der Waals surface area contributed by atoms with E-state index in [4.69, 9.17) is 4.74 Å². The van der Waals surface area contributed by atoms with Gasteiger partial charge in [0.25, 0.3) is 0 Å². The second-order valence-electron chi connectivity index (χ2n) is 4.87. The molecule has 0 saturated heterocycles. The van der Waals surface area contributed by atoms with Crippen molar-refractivity contribution < 1.29 is 4.74 Å². The van der Waals surface area contributed by atoms with Crippen molar-refractivity contribution in [2.45, 2.75) is 13.8 Å². The van der Waals surface area contributed by atoms with Crippen LogP contribution in [0.5, 0.6) is 11.5 Å². The average Bonchev–Trinajstić information content (AvgIpc) is 2.91. The summed E-state index contributed by atoms with van der Waals surface area (Å²) in [5.41, 5.74) is 3.47. The van der Waals surface area contributed by atoms with Gasteiger partial charge in [0.1, 0.15) is 5.75 Å². The van der Waals surface area contributed by atoms with E-state index < -0.39 is 0 Å². The maximum absolute atomic E-state index is 5.78. The number of rotatable bonds is 3. The molecule has 0 N–H and O–H groups in total. The quantitative estimate of drug-likeness (QED) is 0.706. The Bertz CT molecular complexity index is 697. The highest BCUT2D eigenvalue weighted by Gasteiger charge is 2.03. The normalized spacial score (nSPS) is 10.5. The molecule has 0 aliphatic heterocycles. The van der Waals surface area contributed by atoms with Crippen LogP contribution in [0.15, 0.2) is 60.9 Å². The zero-order valence-corrected chi connectivity index (χ0v) is 11.6. The van der Waals surface area contributed by atoms with Crippen molar-refractivity contribution in [1.82, 2.24) is 9.78 Å². The summed E-state index contributed by atoms with van der Waals surface area (Å²) in [7, 11) is 0. The lowest BCUT2D eigenvalue weighted by atomic mass is 10.2. The van der Waals surface area contributed by atoms with Crippen molar-refractivity contribution in [2.75, 3.05) is 0 Å². The summed E-state index contributed by atoms with van der Waals surface area (Å²) in [5.74, 6) is 1.55. The molecule has 0 fully saturated rings. The van der Waals surface area contributed by atoms with Crippen molar-refractivity contribution in [3.63, 3.8) is 0 Å². The molecule has 1 heterocycles. The maximum atomic E-state index is 5.78. The van der Waals surface area contributed by atoms with E-state index in [1.54, 1.807) is 6.20 Å². The lowest BCUT2D eigenvalue weighted by Crippen LogP contribution is -1.93. The molecule has 3 aromatic rings.